The summed E-state index contributed by atoms with van der Waals surface area (Å²) in [6.07, 6.45) is 1.49. The van der Waals surface area contributed by atoms with Crippen molar-refractivity contribution in [3.63, 3.8) is 0 Å². The number of carbonyl (C=O) groups excluding carboxylic acids is 1. The fourth-order valence-electron chi connectivity index (χ4n) is 1.30. The molecule has 6 nitrogen and oxygen atoms in total. The normalized spacial score (nSPS) is 9.56. The third-order valence-electron chi connectivity index (χ3n) is 2.10. The van der Waals surface area contributed by atoms with Crippen LogP contribution in [0.25, 0.3) is 0 Å². The molecule has 1 rings (SSSR count). The molecular weight excluding hydrogens is 236 g/mol. The van der Waals surface area contributed by atoms with Gasteiger partial charge in [-0.15, -0.1) is 6.58 Å². The number of carboxylic acids is 1. The fraction of sp³-hybridized carbons (Fsp3) is 0.167. The molecule has 0 atom stereocenters. The van der Waals surface area contributed by atoms with Crippen LogP contribution in [0.3, 0.4) is 0 Å². The molecule has 1 aromatic rings. The second-order valence-electron chi connectivity index (χ2n) is 3.47. The smallest absolute Gasteiger partial charge is 0.323 e. The van der Waals surface area contributed by atoms with E-state index in [2.05, 4.69) is 11.9 Å². The molecule has 6 heteroatoms. The zero-order valence-electron chi connectivity index (χ0n) is 9.67. The minimum Gasteiger partial charge on any atom is -0.508 e. The first-order valence-electron chi connectivity index (χ1n) is 5.21. The van der Waals surface area contributed by atoms with E-state index in [1.54, 1.807) is 0 Å². The maximum atomic E-state index is 11.8. The van der Waals surface area contributed by atoms with Crippen molar-refractivity contribution in [2.24, 2.45) is 0 Å². The first-order valence-corrected chi connectivity index (χ1v) is 5.21. The number of benzene rings is 1. The first kappa shape index (κ1) is 13.6. The molecule has 0 aliphatic carbocycles. The molecule has 0 saturated heterocycles. The summed E-state index contributed by atoms with van der Waals surface area (Å²) < 4.78 is 0. The zero-order valence-corrected chi connectivity index (χ0v) is 9.67. The Hall–Kier alpha value is -2.50. The second kappa shape index (κ2) is 6.29. The van der Waals surface area contributed by atoms with Crippen LogP contribution in [0.4, 0.5) is 10.5 Å². The van der Waals surface area contributed by atoms with Crippen molar-refractivity contribution in [1.82, 2.24) is 5.32 Å². The van der Waals surface area contributed by atoms with Crippen molar-refractivity contribution in [1.29, 1.82) is 0 Å². The highest BCUT2D eigenvalue weighted by Crippen LogP contribution is 2.18. The van der Waals surface area contributed by atoms with Crippen molar-refractivity contribution in [3.05, 3.63) is 36.9 Å². The van der Waals surface area contributed by atoms with Gasteiger partial charge in [-0.25, -0.2) is 4.79 Å². The standard InChI is InChI=1S/C12H14N2O4/c1-2-7-13-12(18)14(8-11(16)17)9-3-5-10(15)6-4-9/h2-6,15H,1,7-8H2,(H,13,18)(H,16,17). The number of aromatic hydroxyl groups is 1. The van der Waals surface area contributed by atoms with Crippen LogP contribution in [0.1, 0.15) is 0 Å². The number of phenolic OH excluding ortho intramolecular Hbond substituents is 1. The average Bonchev–Trinajstić information content (AvgIpc) is 2.34. The predicted octanol–water partition coefficient (Wildman–Crippen LogP) is 1.18. The van der Waals surface area contributed by atoms with Gasteiger partial charge in [0.05, 0.1) is 0 Å². The quantitative estimate of drug-likeness (QED) is 0.684. The molecule has 0 fully saturated rings. The number of phenols is 1. The SMILES string of the molecule is C=CCNC(=O)N(CC(=O)O)c1ccc(O)cc1. The summed E-state index contributed by atoms with van der Waals surface area (Å²) in [5.74, 6) is -1.09. The molecule has 0 aliphatic rings. The molecule has 0 bridgehead atoms. The van der Waals surface area contributed by atoms with Gasteiger partial charge in [-0.05, 0) is 24.3 Å². The topological polar surface area (TPSA) is 89.9 Å². The number of hydrogen-bond donors (Lipinski definition) is 3. The van der Waals surface area contributed by atoms with Crippen LogP contribution < -0.4 is 10.2 Å². The summed E-state index contributed by atoms with van der Waals surface area (Å²) in [5, 5.41) is 20.4. The molecule has 1 aromatic carbocycles. The number of carboxylic acid groups (broad SMARTS) is 1. The molecule has 0 unspecified atom stereocenters. The molecule has 18 heavy (non-hydrogen) atoms. The van der Waals surface area contributed by atoms with Gasteiger partial charge < -0.3 is 15.5 Å². The van der Waals surface area contributed by atoms with Gasteiger partial charge in [0.25, 0.3) is 0 Å². The van der Waals surface area contributed by atoms with E-state index >= 15 is 0 Å². The van der Waals surface area contributed by atoms with Crippen LogP contribution in [0.5, 0.6) is 5.75 Å². The van der Waals surface area contributed by atoms with E-state index in [1.807, 2.05) is 0 Å². The number of carbonyl (C=O) groups is 2. The summed E-state index contributed by atoms with van der Waals surface area (Å²) in [5.41, 5.74) is 0.386. The largest absolute Gasteiger partial charge is 0.508 e. The monoisotopic (exact) mass is 250 g/mol. The Morgan fingerprint density at radius 3 is 2.44 bits per heavy atom. The van der Waals surface area contributed by atoms with Gasteiger partial charge in [-0.3, -0.25) is 9.69 Å². The summed E-state index contributed by atoms with van der Waals surface area (Å²) in [6.45, 7) is 3.23. The minimum atomic E-state index is -1.13. The Labute approximate surface area is 104 Å². The molecule has 2 amide bonds. The summed E-state index contributed by atoms with van der Waals surface area (Å²) in [4.78, 5) is 23.6. The van der Waals surface area contributed by atoms with Crippen LogP contribution in [-0.2, 0) is 4.79 Å². The van der Waals surface area contributed by atoms with Crippen molar-refractivity contribution >= 4 is 17.7 Å². The number of nitrogens with zero attached hydrogens (tertiary/aromatic N) is 1. The Bertz CT molecular complexity index is 442. The van der Waals surface area contributed by atoms with Crippen LogP contribution in [0.2, 0.25) is 0 Å². The number of rotatable bonds is 5. The maximum Gasteiger partial charge on any atom is 0.323 e. The number of anilines is 1. The van der Waals surface area contributed by atoms with E-state index < -0.39 is 18.5 Å². The molecule has 0 aromatic heterocycles. The van der Waals surface area contributed by atoms with Gasteiger partial charge in [-0.1, -0.05) is 6.08 Å². The van der Waals surface area contributed by atoms with Gasteiger partial charge in [0.1, 0.15) is 12.3 Å². The molecule has 0 spiro atoms. The number of urea groups is 1. The van der Waals surface area contributed by atoms with Gasteiger partial charge in [0.15, 0.2) is 0 Å². The lowest BCUT2D eigenvalue weighted by atomic mass is 10.3. The van der Waals surface area contributed by atoms with E-state index in [4.69, 9.17) is 10.2 Å². The van der Waals surface area contributed by atoms with Crippen LogP contribution in [0.15, 0.2) is 36.9 Å². The number of amides is 2. The Morgan fingerprint density at radius 1 is 1.33 bits per heavy atom. The van der Waals surface area contributed by atoms with E-state index in [0.717, 1.165) is 4.90 Å². The van der Waals surface area contributed by atoms with Gasteiger partial charge in [0, 0.05) is 12.2 Å². The molecule has 0 radical (unpaired) electrons. The van der Waals surface area contributed by atoms with Gasteiger partial charge >= 0.3 is 12.0 Å². The zero-order chi connectivity index (χ0) is 13.5. The summed E-state index contributed by atoms with van der Waals surface area (Å²) >= 11 is 0. The molecule has 0 heterocycles. The lowest BCUT2D eigenvalue weighted by Crippen LogP contribution is -2.43. The molecule has 0 saturated carbocycles. The lowest BCUT2D eigenvalue weighted by Gasteiger charge is -2.20. The maximum absolute atomic E-state index is 11.8. The first-order chi connectivity index (χ1) is 8.54. The molecule has 3 N–H and O–H groups in total. The van der Waals surface area contributed by atoms with Crippen LogP contribution >= 0.6 is 0 Å². The van der Waals surface area contributed by atoms with E-state index in [0.29, 0.717) is 5.69 Å². The van der Waals surface area contributed by atoms with Crippen LogP contribution in [0, 0.1) is 0 Å². The van der Waals surface area contributed by atoms with Crippen molar-refractivity contribution in [2.75, 3.05) is 18.0 Å². The second-order valence-corrected chi connectivity index (χ2v) is 3.47. The highest BCUT2D eigenvalue weighted by Gasteiger charge is 2.17. The van der Waals surface area contributed by atoms with Gasteiger partial charge in [0.2, 0.25) is 0 Å². The van der Waals surface area contributed by atoms with Crippen molar-refractivity contribution in [2.45, 2.75) is 0 Å². The number of hydrogen-bond acceptors (Lipinski definition) is 3. The number of nitrogens with one attached hydrogen (secondary N) is 1. The van der Waals surface area contributed by atoms with Gasteiger partial charge in [-0.2, -0.15) is 0 Å². The van der Waals surface area contributed by atoms with E-state index in [-0.39, 0.29) is 12.3 Å². The van der Waals surface area contributed by atoms with Crippen molar-refractivity contribution < 1.29 is 19.8 Å². The Morgan fingerprint density at radius 2 is 1.94 bits per heavy atom. The third-order valence-corrected chi connectivity index (χ3v) is 2.10. The van der Waals surface area contributed by atoms with Crippen molar-refractivity contribution in [3.8, 4) is 5.75 Å². The molecular formula is C12H14N2O4. The Kier molecular flexibility index (Phi) is 4.74. The lowest BCUT2D eigenvalue weighted by molar-refractivity contribution is -0.135. The van der Waals surface area contributed by atoms with E-state index in [9.17, 15) is 9.59 Å². The molecule has 0 aliphatic heterocycles. The minimum absolute atomic E-state index is 0.0422. The average molecular weight is 250 g/mol. The van der Waals surface area contributed by atoms with E-state index in [1.165, 1.54) is 30.3 Å². The summed E-state index contributed by atoms with van der Waals surface area (Å²) in [6, 6.07) is 5.15. The van der Waals surface area contributed by atoms with Crippen LogP contribution in [-0.4, -0.2) is 35.3 Å². The number of aliphatic carboxylic acids is 1. The highest BCUT2D eigenvalue weighted by molar-refractivity contribution is 5.96. The summed E-state index contributed by atoms with van der Waals surface area (Å²) in [7, 11) is 0. The fourth-order valence-corrected chi connectivity index (χ4v) is 1.30. The molecule has 96 valence electrons. The predicted molar refractivity (Wildman–Crippen MR) is 66.7 cm³/mol. The Balaban J connectivity index is 2.89. The third kappa shape index (κ3) is 3.82. The highest BCUT2D eigenvalue weighted by atomic mass is 16.4.